The first kappa shape index (κ1) is 8.75. The van der Waals surface area contributed by atoms with Crippen molar-refractivity contribution in [2.24, 2.45) is 0 Å². The Morgan fingerprint density at radius 1 is 1.29 bits per heavy atom. The maximum absolute atomic E-state index is 9.62. The van der Waals surface area contributed by atoms with E-state index in [0.29, 0.717) is 5.52 Å². The Kier molecular flexibility index (Phi) is 1.97. The fourth-order valence-electron chi connectivity index (χ4n) is 1.50. The molecule has 0 amide bonds. The molecule has 0 radical (unpaired) electrons. The molecule has 1 heterocycles. The maximum atomic E-state index is 9.62. The van der Waals surface area contributed by atoms with E-state index in [-0.39, 0.29) is 5.75 Å². The molecule has 2 heteroatoms. The molecule has 0 unspecified atom stereocenters. The molecule has 0 aliphatic heterocycles. The van der Waals surface area contributed by atoms with Crippen LogP contribution in [0.5, 0.6) is 5.75 Å². The van der Waals surface area contributed by atoms with E-state index >= 15 is 0 Å². The van der Waals surface area contributed by atoms with Gasteiger partial charge in [-0.05, 0) is 24.6 Å². The first-order valence-corrected chi connectivity index (χ1v) is 4.44. The van der Waals surface area contributed by atoms with Crippen molar-refractivity contribution < 1.29 is 5.11 Å². The summed E-state index contributed by atoms with van der Waals surface area (Å²) in [6.07, 6.45) is 1.76. The van der Waals surface area contributed by atoms with Crippen molar-refractivity contribution in [1.29, 1.82) is 0 Å². The molecule has 0 fully saturated rings. The first-order chi connectivity index (χ1) is 6.72. The summed E-state index contributed by atoms with van der Waals surface area (Å²) in [5.41, 5.74) is 2.53. The standard InChI is InChI=1S/C12H11NO/c1-3-9-5-7-11(14)12-10(9)6-4-8(2)13-12/h3-7,14H,1H2,2H3. The average molecular weight is 185 g/mol. The summed E-state index contributed by atoms with van der Waals surface area (Å²) in [7, 11) is 0. The van der Waals surface area contributed by atoms with Gasteiger partial charge in [-0.2, -0.15) is 0 Å². The molecule has 0 saturated heterocycles. The van der Waals surface area contributed by atoms with Gasteiger partial charge >= 0.3 is 0 Å². The smallest absolute Gasteiger partial charge is 0.141 e. The highest BCUT2D eigenvalue weighted by molar-refractivity contribution is 5.91. The molecule has 2 nitrogen and oxygen atoms in total. The minimum Gasteiger partial charge on any atom is -0.506 e. The van der Waals surface area contributed by atoms with Crippen LogP contribution in [0.4, 0.5) is 0 Å². The van der Waals surface area contributed by atoms with Crippen LogP contribution in [0.2, 0.25) is 0 Å². The van der Waals surface area contributed by atoms with Crippen molar-refractivity contribution in [3.8, 4) is 5.75 Å². The number of hydrogen-bond acceptors (Lipinski definition) is 2. The van der Waals surface area contributed by atoms with Crippen molar-refractivity contribution in [2.45, 2.75) is 6.92 Å². The topological polar surface area (TPSA) is 33.1 Å². The number of fused-ring (bicyclic) bond motifs is 1. The van der Waals surface area contributed by atoms with Gasteiger partial charge in [-0.15, -0.1) is 0 Å². The van der Waals surface area contributed by atoms with Gasteiger partial charge in [0, 0.05) is 11.1 Å². The Balaban J connectivity index is 2.91. The largest absolute Gasteiger partial charge is 0.506 e. The molecule has 0 saturated carbocycles. The molecule has 0 bridgehead atoms. The molecule has 0 spiro atoms. The zero-order valence-corrected chi connectivity index (χ0v) is 7.99. The molecule has 2 aromatic rings. The minimum absolute atomic E-state index is 0.217. The van der Waals surface area contributed by atoms with E-state index in [9.17, 15) is 5.11 Å². The average Bonchev–Trinajstić information content (AvgIpc) is 2.19. The predicted molar refractivity (Wildman–Crippen MR) is 58.2 cm³/mol. The van der Waals surface area contributed by atoms with E-state index in [2.05, 4.69) is 11.6 Å². The third-order valence-electron chi connectivity index (χ3n) is 2.23. The van der Waals surface area contributed by atoms with Crippen LogP contribution in [-0.2, 0) is 0 Å². The zero-order valence-electron chi connectivity index (χ0n) is 7.99. The number of phenolic OH excluding ortho intramolecular Hbond substituents is 1. The SMILES string of the molecule is C=Cc1ccc(O)c2nc(C)ccc12. The molecular formula is C12H11NO. The molecule has 70 valence electrons. The quantitative estimate of drug-likeness (QED) is 0.741. The van der Waals surface area contributed by atoms with Crippen molar-refractivity contribution in [2.75, 3.05) is 0 Å². The van der Waals surface area contributed by atoms with Crippen LogP contribution in [0.1, 0.15) is 11.3 Å². The van der Waals surface area contributed by atoms with E-state index in [1.807, 2.05) is 25.1 Å². The number of aryl methyl sites for hydroxylation is 1. The number of aromatic nitrogens is 1. The van der Waals surface area contributed by atoms with Crippen LogP contribution in [0.25, 0.3) is 17.0 Å². The summed E-state index contributed by atoms with van der Waals surface area (Å²) in [5, 5.41) is 10.6. The molecule has 1 aromatic heterocycles. The second kappa shape index (κ2) is 3.14. The summed E-state index contributed by atoms with van der Waals surface area (Å²) in [4.78, 5) is 4.29. The summed E-state index contributed by atoms with van der Waals surface area (Å²) >= 11 is 0. The number of pyridine rings is 1. The number of hydrogen-bond donors (Lipinski definition) is 1. The highest BCUT2D eigenvalue weighted by Crippen LogP contribution is 2.26. The maximum Gasteiger partial charge on any atom is 0.141 e. The van der Waals surface area contributed by atoms with Gasteiger partial charge in [0.05, 0.1) is 0 Å². The molecule has 1 N–H and O–H groups in total. The van der Waals surface area contributed by atoms with Crippen LogP contribution in [-0.4, -0.2) is 10.1 Å². The van der Waals surface area contributed by atoms with Gasteiger partial charge in [-0.25, -0.2) is 4.98 Å². The van der Waals surface area contributed by atoms with E-state index < -0.39 is 0 Å². The Labute approximate surface area is 82.5 Å². The molecule has 1 aromatic carbocycles. The van der Waals surface area contributed by atoms with Crippen molar-refractivity contribution in [3.05, 3.63) is 42.1 Å². The summed E-state index contributed by atoms with van der Waals surface area (Å²) in [6, 6.07) is 7.36. The third-order valence-corrected chi connectivity index (χ3v) is 2.23. The second-order valence-electron chi connectivity index (χ2n) is 3.23. The van der Waals surface area contributed by atoms with E-state index in [4.69, 9.17) is 0 Å². The van der Waals surface area contributed by atoms with Gasteiger partial charge in [-0.1, -0.05) is 24.8 Å². The van der Waals surface area contributed by atoms with Gasteiger partial charge in [0.25, 0.3) is 0 Å². The minimum atomic E-state index is 0.217. The van der Waals surface area contributed by atoms with Gasteiger partial charge in [0.15, 0.2) is 0 Å². The van der Waals surface area contributed by atoms with E-state index in [1.165, 1.54) is 0 Å². The van der Waals surface area contributed by atoms with E-state index in [0.717, 1.165) is 16.6 Å². The van der Waals surface area contributed by atoms with Gasteiger partial charge < -0.3 is 5.11 Å². The van der Waals surface area contributed by atoms with Gasteiger partial charge in [0.2, 0.25) is 0 Å². The summed E-state index contributed by atoms with van der Waals surface area (Å²) in [6.45, 7) is 5.63. The van der Waals surface area contributed by atoms with E-state index in [1.54, 1.807) is 12.1 Å². The molecule has 0 aliphatic rings. The normalized spacial score (nSPS) is 10.4. The van der Waals surface area contributed by atoms with Crippen molar-refractivity contribution >= 4 is 17.0 Å². The van der Waals surface area contributed by atoms with Gasteiger partial charge in [-0.3, -0.25) is 0 Å². The number of nitrogens with zero attached hydrogens (tertiary/aromatic N) is 1. The molecule has 14 heavy (non-hydrogen) atoms. The number of benzene rings is 1. The third kappa shape index (κ3) is 1.25. The van der Waals surface area contributed by atoms with Crippen LogP contribution in [0, 0.1) is 6.92 Å². The molecule has 0 atom stereocenters. The Morgan fingerprint density at radius 2 is 2.07 bits per heavy atom. The van der Waals surface area contributed by atoms with Crippen molar-refractivity contribution in [1.82, 2.24) is 4.98 Å². The van der Waals surface area contributed by atoms with Gasteiger partial charge in [0.1, 0.15) is 11.3 Å². The van der Waals surface area contributed by atoms with Crippen LogP contribution in [0.15, 0.2) is 30.8 Å². The second-order valence-corrected chi connectivity index (χ2v) is 3.23. The first-order valence-electron chi connectivity index (χ1n) is 4.44. The lowest BCUT2D eigenvalue weighted by Gasteiger charge is -2.04. The van der Waals surface area contributed by atoms with Crippen LogP contribution < -0.4 is 0 Å². The Morgan fingerprint density at radius 3 is 2.79 bits per heavy atom. The number of phenols is 1. The monoisotopic (exact) mass is 185 g/mol. The van der Waals surface area contributed by atoms with Crippen LogP contribution in [0.3, 0.4) is 0 Å². The fourth-order valence-corrected chi connectivity index (χ4v) is 1.50. The number of aromatic hydroxyl groups is 1. The lowest BCUT2D eigenvalue weighted by molar-refractivity contribution is 0.480. The summed E-state index contributed by atoms with van der Waals surface area (Å²) < 4.78 is 0. The molecular weight excluding hydrogens is 174 g/mol. The number of rotatable bonds is 1. The predicted octanol–water partition coefficient (Wildman–Crippen LogP) is 2.89. The molecule has 0 aliphatic carbocycles. The lowest BCUT2D eigenvalue weighted by Crippen LogP contribution is -1.86. The highest BCUT2D eigenvalue weighted by atomic mass is 16.3. The fraction of sp³-hybridized carbons (Fsp3) is 0.0833. The van der Waals surface area contributed by atoms with Crippen molar-refractivity contribution in [3.63, 3.8) is 0 Å². The highest BCUT2D eigenvalue weighted by Gasteiger charge is 2.04. The molecule has 2 rings (SSSR count). The lowest BCUT2D eigenvalue weighted by atomic mass is 10.1. The Hall–Kier alpha value is -1.83. The summed E-state index contributed by atoms with van der Waals surface area (Å²) in [5.74, 6) is 0.217. The zero-order chi connectivity index (χ0) is 10.1. The van der Waals surface area contributed by atoms with Crippen LogP contribution >= 0.6 is 0 Å². The Bertz CT molecular complexity index is 503.